The lowest BCUT2D eigenvalue weighted by atomic mass is 10.1. The predicted molar refractivity (Wildman–Crippen MR) is 127 cm³/mol. The van der Waals surface area contributed by atoms with Gasteiger partial charge in [-0.1, -0.05) is 54.4 Å². The van der Waals surface area contributed by atoms with Gasteiger partial charge in [0.2, 0.25) is 11.8 Å². The van der Waals surface area contributed by atoms with Gasteiger partial charge in [0, 0.05) is 28.4 Å². The molecule has 0 aromatic heterocycles. The molecule has 1 N–H and O–H groups in total. The number of carbonyl (C=O) groups is 2. The average molecular weight is 485 g/mol. The molecule has 0 spiro atoms. The standard InChI is InChI=1S/C23H27Cl2FN2O2S/c1-4-15(2)27-23(30)16(3)28(12-17-9-10-19(24)11-20(17)25)22(29)14-31-13-18-7-5-6-8-21(18)26/h5-11,15-16H,4,12-14H2,1-3H3,(H,27,30)/t15-,16+/m1/s1. The third kappa shape index (κ3) is 7.70. The van der Waals surface area contributed by atoms with Crippen molar-refractivity contribution in [2.24, 2.45) is 0 Å². The first-order chi connectivity index (χ1) is 14.7. The van der Waals surface area contributed by atoms with Crippen LogP contribution >= 0.6 is 35.0 Å². The molecule has 0 heterocycles. The van der Waals surface area contributed by atoms with Crippen molar-refractivity contribution in [2.75, 3.05) is 5.75 Å². The van der Waals surface area contributed by atoms with Gasteiger partial charge >= 0.3 is 0 Å². The predicted octanol–water partition coefficient (Wildman–Crippen LogP) is 5.70. The van der Waals surface area contributed by atoms with Crippen molar-refractivity contribution in [3.63, 3.8) is 0 Å². The van der Waals surface area contributed by atoms with E-state index >= 15 is 0 Å². The largest absolute Gasteiger partial charge is 0.352 e. The average Bonchev–Trinajstić information content (AvgIpc) is 2.73. The Hall–Kier alpha value is -1.76. The topological polar surface area (TPSA) is 49.4 Å². The minimum atomic E-state index is -0.692. The molecule has 2 atom stereocenters. The van der Waals surface area contributed by atoms with E-state index in [1.807, 2.05) is 13.8 Å². The van der Waals surface area contributed by atoms with Crippen molar-refractivity contribution in [1.82, 2.24) is 10.2 Å². The summed E-state index contributed by atoms with van der Waals surface area (Å²) >= 11 is 13.6. The van der Waals surface area contributed by atoms with Crippen molar-refractivity contribution in [1.29, 1.82) is 0 Å². The van der Waals surface area contributed by atoms with Crippen molar-refractivity contribution >= 4 is 46.8 Å². The molecule has 0 saturated heterocycles. The Labute approximate surface area is 197 Å². The van der Waals surface area contributed by atoms with Gasteiger partial charge in [0.15, 0.2) is 0 Å². The lowest BCUT2D eigenvalue weighted by Crippen LogP contribution is -2.50. The highest BCUT2D eigenvalue weighted by molar-refractivity contribution is 7.99. The summed E-state index contributed by atoms with van der Waals surface area (Å²) in [6.07, 6.45) is 0.786. The Kier molecular flexibility index (Phi) is 10.1. The maximum Gasteiger partial charge on any atom is 0.242 e. The molecule has 2 aromatic rings. The van der Waals surface area contributed by atoms with Gasteiger partial charge in [0.25, 0.3) is 0 Å². The van der Waals surface area contributed by atoms with Crippen LogP contribution in [-0.2, 0) is 21.9 Å². The molecular formula is C23H27Cl2FN2O2S. The first-order valence-corrected chi connectivity index (χ1v) is 12.0. The summed E-state index contributed by atoms with van der Waals surface area (Å²) in [6, 6.07) is 10.8. The van der Waals surface area contributed by atoms with E-state index in [0.29, 0.717) is 26.9 Å². The minimum Gasteiger partial charge on any atom is -0.352 e. The third-order valence-corrected chi connectivity index (χ3v) is 6.52. The summed E-state index contributed by atoms with van der Waals surface area (Å²) in [4.78, 5) is 27.3. The van der Waals surface area contributed by atoms with E-state index in [1.54, 1.807) is 43.3 Å². The summed E-state index contributed by atoms with van der Waals surface area (Å²) in [5.41, 5.74) is 1.23. The second-order valence-corrected chi connectivity index (χ2v) is 9.16. The number of amides is 2. The van der Waals surface area contributed by atoms with Crippen LogP contribution in [0.4, 0.5) is 4.39 Å². The van der Waals surface area contributed by atoms with Crippen LogP contribution in [0.15, 0.2) is 42.5 Å². The van der Waals surface area contributed by atoms with Crippen molar-refractivity contribution < 1.29 is 14.0 Å². The van der Waals surface area contributed by atoms with Crippen LogP contribution in [0.1, 0.15) is 38.3 Å². The highest BCUT2D eigenvalue weighted by Crippen LogP contribution is 2.24. The lowest BCUT2D eigenvalue weighted by Gasteiger charge is -2.30. The fourth-order valence-corrected chi connectivity index (χ4v) is 4.19. The highest BCUT2D eigenvalue weighted by atomic mass is 35.5. The summed E-state index contributed by atoms with van der Waals surface area (Å²) in [5.74, 6) is -0.276. The molecular weight excluding hydrogens is 458 g/mol. The Morgan fingerprint density at radius 1 is 1.13 bits per heavy atom. The summed E-state index contributed by atoms with van der Waals surface area (Å²) in [7, 11) is 0. The van der Waals surface area contributed by atoms with Crippen LogP contribution in [0, 0.1) is 5.82 Å². The van der Waals surface area contributed by atoms with Crippen LogP contribution in [0.2, 0.25) is 10.0 Å². The number of hydrogen-bond donors (Lipinski definition) is 1. The van der Waals surface area contributed by atoms with Crippen molar-refractivity contribution in [2.45, 2.75) is 51.6 Å². The van der Waals surface area contributed by atoms with Gasteiger partial charge in [-0.15, -0.1) is 11.8 Å². The lowest BCUT2D eigenvalue weighted by molar-refractivity contribution is -0.138. The van der Waals surface area contributed by atoms with E-state index in [2.05, 4.69) is 5.32 Å². The maximum atomic E-state index is 13.8. The zero-order valence-electron chi connectivity index (χ0n) is 17.8. The molecule has 8 heteroatoms. The van der Waals surface area contributed by atoms with E-state index in [1.165, 1.54) is 22.7 Å². The second-order valence-electron chi connectivity index (χ2n) is 7.34. The van der Waals surface area contributed by atoms with Gasteiger partial charge in [0.1, 0.15) is 11.9 Å². The normalized spacial score (nSPS) is 12.8. The summed E-state index contributed by atoms with van der Waals surface area (Å²) in [5, 5.41) is 3.84. The second kappa shape index (κ2) is 12.3. The Morgan fingerprint density at radius 2 is 1.84 bits per heavy atom. The molecule has 31 heavy (non-hydrogen) atoms. The van der Waals surface area contributed by atoms with Gasteiger partial charge in [-0.3, -0.25) is 9.59 Å². The fourth-order valence-electron chi connectivity index (χ4n) is 2.83. The van der Waals surface area contributed by atoms with E-state index in [-0.39, 0.29) is 36.0 Å². The Morgan fingerprint density at radius 3 is 2.48 bits per heavy atom. The van der Waals surface area contributed by atoms with Crippen molar-refractivity contribution in [3.8, 4) is 0 Å². The first-order valence-electron chi connectivity index (χ1n) is 10.1. The maximum absolute atomic E-state index is 13.8. The quantitative estimate of drug-likeness (QED) is 0.470. The smallest absolute Gasteiger partial charge is 0.242 e. The number of hydrogen-bond acceptors (Lipinski definition) is 3. The van der Waals surface area contributed by atoms with Crippen LogP contribution in [0.3, 0.4) is 0 Å². The molecule has 2 amide bonds. The molecule has 0 unspecified atom stereocenters. The van der Waals surface area contributed by atoms with Gasteiger partial charge in [0.05, 0.1) is 5.75 Å². The number of nitrogens with one attached hydrogen (secondary N) is 1. The number of carbonyl (C=O) groups excluding carboxylic acids is 2. The van der Waals surface area contributed by atoms with Crippen LogP contribution in [-0.4, -0.2) is 34.6 Å². The number of benzene rings is 2. The molecule has 4 nitrogen and oxygen atoms in total. The molecule has 0 saturated carbocycles. The van der Waals surface area contributed by atoms with E-state index in [4.69, 9.17) is 23.2 Å². The Bertz CT molecular complexity index is 913. The number of nitrogens with zero attached hydrogens (tertiary/aromatic N) is 1. The number of halogens is 3. The molecule has 0 radical (unpaired) electrons. The summed E-state index contributed by atoms with van der Waals surface area (Å²) < 4.78 is 13.8. The SMILES string of the molecule is CC[C@@H](C)NC(=O)[C@H](C)N(Cc1ccc(Cl)cc1Cl)C(=O)CSCc1ccccc1F. The zero-order valence-corrected chi connectivity index (χ0v) is 20.2. The van der Waals surface area contributed by atoms with Gasteiger partial charge in [-0.2, -0.15) is 0 Å². The van der Waals surface area contributed by atoms with E-state index in [9.17, 15) is 14.0 Å². The fraction of sp³-hybridized carbons (Fsp3) is 0.391. The van der Waals surface area contributed by atoms with Gasteiger partial charge in [-0.25, -0.2) is 4.39 Å². The molecule has 0 aliphatic carbocycles. The van der Waals surface area contributed by atoms with E-state index < -0.39 is 6.04 Å². The van der Waals surface area contributed by atoms with Gasteiger partial charge < -0.3 is 10.2 Å². The van der Waals surface area contributed by atoms with Crippen LogP contribution in [0.5, 0.6) is 0 Å². The van der Waals surface area contributed by atoms with Crippen LogP contribution < -0.4 is 5.32 Å². The zero-order chi connectivity index (χ0) is 23.0. The molecule has 168 valence electrons. The summed E-state index contributed by atoms with van der Waals surface area (Å²) in [6.45, 7) is 5.76. The molecule has 2 aromatic carbocycles. The van der Waals surface area contributed by atoms with Crippen molar-refractivity contribution in [3.05, 3.63) is 69.5 Å². The molecule has 0 aliphatic rings. The highest BCUT2D eigenvalue weighted by Gasteiger charge is 2.27. The monoisotopic (exact) mass is 484 g/mol. The minimum absolute atomic E-state index is 0.00135. The molecule has 0 aliphatic heterocycles. The number of rotatable bonds is 10. The molecule has 2 rings (SSSR count). The van der Waals surface area contributed by atoms with Crippen LogP contribution in [0.25, 0.3) is 0 Å². The first kappa shape index (κ1) is 25.5. The molecule has 0 bridgehead atoms. The van der Waals surface area contributed by atoms with Gasteiger partial charge in [-0.05, 0) is 49.6 Å². The Balaban J connectivity index is 2.14. The molecule has 0 fully saturated rings. The van der Waals surface area contributed by atoms with E-state index in [0.717, 1.165) is 6.42 Å². The number of thioether (sulfide) groups is 1. The third-order valence-electron chi connectivity index (χ3n) is 4.97.